The molecular formula is C28H27FN6O2S. The Hall–Kier alpha value is -3.65. The van der Waals surface area contributed by atoms with Gasteiger partial charge in [0.25, 0.3) is 5.91 Å². The molecule has 4 aromatic rings. The molecule has 0 spiro atoms. The van der Waals surface area contributed by atoms with Gasteiger partial charge in [0.15, 0.2) is 0 Å². The molecule has 8 nitrogen and oxygen atoms in total. The minimum atomic E-state index is -0.950. The largest absolute Gasteiger partial charge is 0.389 e. The lowest BCUT2D eigenvalue weighted by Crippen LogP contribution is -2.40. The van der Waals surface area contributed by atoms with Crippen molar-refractivity contribution < 1.29 is 14.3 Å². The van der Waals surface area contributed by atoms with Gasteiger partial charge in [-0.15, -0.1) is 16.4 Å². The Labute approximate surface area is 223 Å². The standard InChI is InChI=1S/C28H27FN6O2S/c1-28(2,37)14-34-24-8-5-16(11-22(24)32-33-34)26-18(15-4-7-21(31-3)19(29)10-15)13-25(38-26)27(36)35-17-6-9-23(35)20(30)12-17/h4-5,7-8,10-11,13,17,20,23,37H,6,9,12,14,30H2,1-2H3. The van der Waals surface area contributed by atoms with Gasteiger partial charge in [0.1, 0.15) is 11.3 Å². The predicted molar refractivity (Wildman–Crippen MR) is 144 cm³/mol. The third-order valence-corrected chi connectivity index (χ3v) is 8.63. The minimum absolute atomic E-state index is 0.000724. The van der Waals surface area contributed by atoms with E-state index < -0.39 is 11.4 Å². The van der Waals surface area contributed by atoms with Gasteiger partial charge in [-0.25, -0.2) is 13.9 Å². The van der Waals surface area contributed by atoms with Crippen LogP contribution in [0.4, 0.5) is 10.1 Å². The smallest absolute Gasteiger partial charge is 0.264 e. The fraction of sp³-hybridized carbons (Fsp3) is 0.357. The van der Waals surface area contributed by atoms with Crippen LogP contribution in [0.15, 0.2) is 42.5 Å². The maximum absolute atomic E-state index is 14.6. The molecule has 3 unspecified atom stereocenters. The molecule has 2 saturated heterocycles. The average Bonchev–Trinajstić information content (AvgIpc) is 3.64. The van der Waals surface area contributed by atoms with Crippen molar-refractivity contribution in [2.75, 3.05) is 0 Å². The molecule has 0 aliphatic carbocycles. The Balaban J connectivity index is 1.45. The quantitative estimate of drug-likeness (QED) is 0.354. The van der Waals surface area contributed by atoms with E-state index in [4.69, 9.17) is 12.3 Å². The Morgan fingerprint density at radius 3 is 2.68 bits per heavy atom. The molecule has 2 bridgehead atoms. The van der Waals surface area contributed by atoms with Crippen molar-refractivity contribution >= 4 is 34.0 Å². The van der Waals surface area contributed by atoms with E-state index in [1.807, 2.05) is 29.2 Å². The summed E-state index contributed by atoms with van der Waals surface area (Å²) in [5, 5.41) is 18.7. The van der Waals surface area contributed by atoms with E-state index in [9.17, 15) is 14.3 Å². The molecule has 0 saturated carbocycles. The van der Waals surface area contributed by atoms with E-state index in [1.165, 1.54) is 23.5 Å². The topological polar surface area (TPSA) is 102 Å². The molecule has 3 atom stereocenters. The number of benzene rings is 2. The molecule has 2 aromatic carbocycles. The van der Waals surface area contributed by atoms with Gasteiger partial charge in [-0.3, -0.25) is 4.79 Å². The van der Waals surface area contributed by atoms with Crippen molar-refractivity contribution in [2.24, 2.45) is 5.73 Å². The average molecular weight is 531 g/mol. The van der Waals surface area contributed by atoms with Gasteiger partial charge in [-0.1, -0.05) is 23.4 Å². The molecule has 3 N–H and O–H groups in total. The van der Waals surface area contributed by atoms with Crippen LogP contribution in [-0.2, 0) is 6.54 Å². The van der Waals surface area contributed by atoms with Crippen molar-refractivity contribution in [3.63, 3.8) is 0 Å². The second kappa shape index (κ2) is 8.98. The van der Waals surface area contributed by atoms with Gasteiger partial charge < -0.3 is 15.7 Å². The summed E-state index contributed by atoms with van der Waals surface area (Å²) < 4.78 is 16.3. The Bertz CT molecular complexity index is 1610. The molecule has 6 rings (SSSR count). The van der Waals surface area contributed by atoms with E-state index >= 15 is 0 Å². The van der Waals surface area contributed by atoms with Gasteiger partial charge in [0.2, 0.25) is 5.69 Å². The molecular weight excluding hydrogens is 503 g/mol. The number of fused-ring (bicyclic) bond motifs is 3. The molecule has 4 heterocycles. The first-order chi connectivity index (χ1) is 18.1. The maximum atomic E-state index is 14.6. The highest BCUT2D eigenvalue weighted by Gasteiger charge is 2.47. The van der Waals surface area contributed by atoms with Gasteiger partial charge in [0.05, 0.1) is 29.1 Å². The van der Waals surface area contributed by atoms with E-state index in [0.29, 0.717) is 28.1 Å². The SMILES string of the molecule is [C-]#[N+]c1ccc(-c2cc(C(=O)N3C4CCC3C(N)C4)sc2-c2ccc3c(c2)nnn3CC(C)(C)O)cc1F. The zero-order chi connectivity index (χ0) is 26.8. The van der Waals surface area contributed by atoms with Crippen LogP contribution in [0.25, 0.3) is 37.4 Å². The molecule has 10 heteroatoms. The highest BCUT2D eigenvalue weighted by molar-refractivity contribution is 7.18. The Morgan fingerprint density at radius 1 is 1.24 bits per heavy atom. The number of hydrogen-bond donors (Lipinski definition) is 2. The third kappa shape index (κ3) is 4.17. The minimum Gasteiger partial charge on any atom is -0.389 e. The van der Waals surface area contributed by atoms with Crippen LogP contribution in [0, 0.1) is 12.4 Å². The number of thiophene rings is 1. The summed E-state index contributed by atoms with van der Waals surface area (Å²) in [7, 11) is 0. The van der Waals surface area contributed by atoms with Crippen LogP contribution in [-0.4, -0.2) is 54.6 Å². The van der Waals surface area contributed by atoms with Crippen LogP contribution in [0.3, 0.4) is 0 Å². The van der Waals surface area contributed by atoms with Crippen LogP contribution >= 0.6 is 11.3 Å². The summed E-state index contributed by atoms with van der Waals surface area (Å²) in [6.07, 6.45) is 2.71. The molecule has 2 aliphatic rings. The van der Waals surface area contributed by atoms with Crippen LogP contribution in [0.1, 0.15) is 42.8 Å². The van der Waals surface area contributed by atoms with Crippen molar-refractivity contribution in [3.8, 4) is 21.6 Å². The molecule has 2 aromatic heterocycles. The van der Waals surface area contributed by atoms with Crippen molar-refractivity contribution in [1.29, 1.82) is 0 Å². The number of carbonyl (C=O) groups is 1. The second-order valence-corrected chi connectivity index (χ2v) is 11.9. The number of nitrogens with zero attached hydrogens (tertiary/aromatic N) is 5. The molecule has 2 fully saturated rings. The van der Waals surface area contributed by atoms with E-state index in [1.54, 1.807) is 24.6 Å². The van der Waals surface area contributed by atoms with Gasteiger partial charge in [-0.05, 0) is 68.5 Å². The second-order valence-electron chi connectivity index (χ2n) is 10.8. The van der Waals surface area contributed by atoms with Crippen LogP contribution < -0.4 is 5.73 Å². The molecule has 1 amide bonds. The lowest BCUT2D eigenvalue weighted by Gasteiger charge is -2.22. The highest BCUT2D eigenvalue weighted by Crippen LogP contribution is 2.44. The van der Waals surface area contributed by atoms with Crippen LogP contribution in [0.2, 0.25) is 0 Å². The monoisotopic (exact) mass is 530 g/mol. The number of aliphatic hydroxyl groups is 1. The number of rotatable bonds is 5. The van der Waals surface area contributed by atoms with Gasteiger partial charge >= 0.3 is 0 Å². The van der Waals surface area contributed by atoms with Gasteiger partial charge in [-0.2, -0.15) is 0 Å². The number of carbonyl (C=O) groups excluding carboxylic acids is 1. The molecule has 0 radical (unpaired) electrons. The molecule has 38 heavy (non-hydrogen) atoms. The summed E-state index contributed by atoms with van der Waals surface area (Å²) in [6, 6.07) is 12.3. The summed E-state index contributed by atoms with van der Waals surface area (Å²) >= 11 is 1.37. The number of nitrogens with two attached hydrogens (primary N) is 1. The fourth-order valence-electron chi connectivity index (χ4n) is 5.77. The number of halogens is 1. The first-order valence-electron chi connectivity index (χ1n) is 12.6. The number of aromatic nitrogens is 3. The summed E-state index contributed by atoms with van der Waals surface area (Å²) in [5.74, 6) is -0.644. The number of hydrogen-bond acceptors (Lipinski definition) is 6. The Kier molecular flexibility index (Phi) is 5.83. The van der Waals surface area contributed by atoms with E-state index in [0.717, 1.165) is 35.2 Å². The Morgan fingerprint density at radius 2 is 2.03 bits per heavy atom. The third-order valence-electron chi connectivity index (χ3n) is 7.45. The maximum Gasteiger partial charge on any atom is 0.264 e. The van der Waals surface area contributed by atoms with Gasteiger partial charge in [0, 0.05) is 28.6 Å². The predicted octanol–water partition coefficient (Wildman–Crippen LogP) is 4.99. The highest BCUT2D eigenvalue weighted by atomic mass is 32.1. The van der Waals surface area contributed by atoms with Crippen molar-refractivity contribution in [3.05, 3.63) is 64.6 Å². The summed E-state index contributed by atoms with van der Waals surface area (Å²) in [4.78, 5) is 20.3. The summed E-state index contributed by atoms with van der Waals surface area (Å²) in [6.45, 7) is 10.9. The van der Waals surface area contributed by atoms with E-state index in [2.05, 4.69) is 15.2 Å². The lowest BCUT2D eigenvalue weighted by molar-refractivity contribution is 0.0584. The molecule has 194 valence electrons. The summed E-state index contributed by atoms with van der Waals surface area (Å²) in [5.41, 5.74) is 8.85. The van der Waals surface area contributed by atoms with E-state index in [-0.39, 0.29) is 29.7 Å². The fourth-order valence-corrected chi connectivity index (χ4v) is 6.89. The molecule has 2 aliphatic heterocycles. The number of amides is 1. The zero-order valence-corrected chi connectivity index (χ0v) is 21.9. The zero-order valence-electron chi connectivity index (χ0n) is 21.1. The first kappa shape index (κ1) is 24.7. The van der Waals surface area contributed by atoms with Crippen molar-refractivity contribution in [1.82, 2.24) is 19.9 Å². The van der Waals surface area contributed by atoms with Crippen LogP contribution in [0.5, 0.6) is 0 Å². The normalized spacial score (nSPS) is 20.8. The lowest BCUT2D eigenvalue weighted by atomic mass is 9.97. The van der Waals surface area contributed by atoms with Crippen molar-refractivity contribution in [2.45, 2.75) is 63.4 Å². The first-order valence-corrected chi connectivity index (χ1v) is 13.4.